The number of benzene rings is 1. The summed E-state index contributed by atoms with van der Waals surface area (Å²) >= 11 is 5.92. The Morgan fingerprint density at radius 1 is 1.65 bits per heavy atom. The molecule has 0 amide bonds. The van der Waals surface area contributed by atoms with Gasteiger partial charge in [-0.15, -0.1) is 0 Å². The van der Waals surface area contributed by atoms with Crippen molar-refractivity contribution >= 4 is 23.1 Å². The predicted octanol–water partition coefficient (Wildman–Crippen LogP) is 2.29. The lowest BCUT2D eigenvalue weighted by atomic mass is 10.2. The fourth-order valence-corrected chi connectivity index (χ4v) is 1.60. The molecule has 5 nitrogen and oxygen atoms in total. The quantitative estimate of drug-likeness (QED) is 0.327. The number of nitrogens with one attached hydrogen (secondary N) is 1. The van der Waals surface area contributed by atoms with Crippen molar-refractivity contribution in [3.63, 3.8) is 0 Å². The monoisotopic (exact) mass is 257 g/mol. The summed E-state index contributed by atoms with van der Waals surface area (Å²) in [6.45, 7) is 1.93. The van der Waals surface area contributed by atoms with Crippen LogP contribution in [0.2, 0.25) is 5.02 Å². The summed E-state index contributed by atoms with van der Waals surface area (Å²) in [6.07, 6.45) is 0.695. The Kier molecular flexibility index (Phi) is 4.90. The minimum absolute atomic E-state index is 0.140. The number of nitrogens with zero attached hydrogens (tertiary/aromatic N) is 1. The molecule has 1 aromatic rings. The van der Waals surface area contributed by atoms with Gasteiger partial charge in [-0.3, -0.25) is 0 Å². The molecule has 1 atom stereocenters. The van der Waals surface area contributed by atoms with E-state index in [0.717, 1.165) is 5.69 Å². The van der Waals surface area contributed by atoms with Crippen molar-refractivity contribution in [2.45, 2.75) is 19.4 Å². The van der Waals surface area contributed by atoms with E-state index in [9.17, 15) is 0 Å². The zero-order valence-corrected chi connectivity index (χ0v) is 10.5. The van der Waals surface area contributed by atoms with Crippen LogP contribution in [0.4, 0.5) is 5.69 Å². The van der Waals surface area contributed by atoms with Crippen LogP contribution >= 0.6 is 11.6 Å². The average molecular weight is 258 g/mol. The molecule has 0 spiro atoms. The summed E-state index contributed by atoms with van der Waals surface area (Å²) in [5.41, 5.74) is 6.35. The van der Waals surface area contributed by atoms with E-state index in [1.807, 2.05) is 6.92 Å². The first kappa shape index (κ1) is 13.4. The molecule has 0 aliphatic carbocycles. The lowest BCUT2D eigenvalue weighted by molar-refractivity contribution is 0.316. The Bertz CT molecular complexity index is 410. The molecule has 0 radical (unpaired) electrons. The topological polar surface area (TPSA) is 79.9 Å². The minimum atomic E-state index is -0.231. The zero-order chi connectivity index (χ0) is 12.8. The molecule has 4 N–H and O–H groups in total. The molecule has 0 fully saturated rings. The molecule has 94 valence electrons. The van der Waals surface area contributed by atoms with Crippen molar-refractivity contribution in [3.05, 3.63) is 23.2 Å². The van der Waals surface area contributed by atoms with E-state index in [1.54, 1.807) is 25.3 Å². The van der Waals surface area contributed by atoms with Gasteiger partial charge in [-0.25, -0.2) is 0 Å². The second kappa shape index (κ2) is 6.20. The van der Waals surface area contributed by atoms with Gasteiger partial charge in [-0.1, -0.05) is 23.7 Å². The van der Waals surface area contributed by atoms with Gasteiger partial charge < -0.3 is 21.0 Å². The van der Waals surface area contributed by atoms with E-state index < -0.39 is 0 Å². The number of amidine groups is 1. The molecule has 0 saturated heterocycles. The van der Waals surface area contributed by atoms with Gasteiger partial charge in [0.1, 0.15) is 5.75 Å². The Balaban J connectivity index is 2.87. The van der Waals surface area contributed by atoms with Crippen molar-refractivity contribution in [1.29, 1.82) is 0 Å². The highest BCUT2D eigenvalue weighted by Gasteiger charge is 2.12. The van der Waals surface area contributed by atoms with E-state index in [2.05, 4.69) is 10.5 Å². The zero-order valence-electron chi connectivity index (χ0n) is 9.77. The SMILES string of the molecule is CCC(Nc1ccc(Cl)c(OC)c1)/C(N)=N/O. The number of anilines is 1. The van der Waals surface area contributed by atoms with Crippen LogP contribution in [0.3, 0.4) is 0 Å². The maximum atomic E-state index is 8.64. The Hall–Kier alpha value is -1.62. The second-order valence-electron chi connectivity index (χ2n) is 3.48. The molecule has 6 heteroatoms. The number of oxime groups is 1. The van der Waals surface area contributed by atoms with E-state index in [-0.39, 0.29) is 11.9 Å². The summed E-state index contributed by atoms with van der Waals surface area (Å²) < 4.78 is 5.10. The summed E-state index contributed by atoms with van der Waals surface area (Å²) in [5, 5.41) is 15.3. The Morgan fingerprint density at radius 2 is 2.35 bits per heavy atom. The van der Waals surface area contributed by atoms with Crippen molar-refractivity contribution in [1.82, 2.24) is 0 Å². The Labute approximate surface area is 105 Å². The molecular formula is C11H16ClN3O2. The highest BCUT2D eigenvalue weighted by atomic mass is 35.5. The lowest BCUT2D eigenvalue weighted by Gasteiger charge is -2.17. The van der Waals surface area contributed by atoms with Gasteiger partial charge in [0.25, 0.3) is 0 Å². The summed E-state index contributed by atoms with van der Waals surface area (Å²) in [5.74, 6) is 0.715. The van der Waals surface area contributed by atoms with Crippen LogP contribution in [0.1, 0.15) is 13.3 Å². The molecular weight excluding hydrogens is 242 g/mol. The summed E-state index contributed by atoms with van der Waals surface area (Å²) in [4.78, 5) is 0. The molecule has 0 aliphatic heterocycles. The Morgan fingerprint density at radius 3 is 2.88 bits per heavy atom. The van der Waals surface area contributed by atoms with Crippen LogP contribution in [-0.2, 0) is 0 Å². The predicted molar refractivity (Wildman–Crippen MR) is 69.1 cm³/mol. The van der Waals surface area contributed by atoms with Gasteiger partial charge in [-0.05, 0) is 18.6 Å². The number of hydrogen-bond acceptors (Lipinski definition) is 4. The molecule has 1 rings (SSSR count). The number of halogens is 1. The highest BCUT2D eigenvalue weighted by Crippen LogP contribution is 2.27. The normalized spacial score (nSPS) is 13.2. The van der Waals surface area contributed by atoms with Crippen LogP contribution in [-0.4, -0.2) is 24.2 Å². The molecule has 0 aliphatic rings. The van der Waals surface area contributed by atoms with Gasteiger partial charge in [0.05, 0.1) is 18.2 Å². The lowest BCUT2D eigenvalue weighted by Crippen LogP contribution is -2.35. The fourth-order valence-electron chi connectivity index (χ4n) is 1.41. The van der Waals surface area contributed by atoms with Gasteiger partial charge in [0.2, 0.25) is 0 Å². The van der Waals surface area contributed by atoms with Crippen LogP contribution < -0.4 is 15.8 Å². The summed E-state index contributed by atoms with van der Waals surface area (Å²) in [6, 6.07) is 5.06. The third-order valence-corrected chi connectivity index (χ3v) is 2.69. The number of methoxy groups -OCH3 is 1. The molecule has 0 saturated carbocycles. The van der Waals surface area contributed by atoms with E-state index >= 15 is 0 Å². The first-order valence-electron chi connectivity index (χ1n) is 5.19. The molecule has 0 aromatic heterocycles. The van der Waals surface area contributed by atoms with Crippen LogP contribution in [0.25, 0.3) is 0 Å². The largest absolute Gasteiger partial charge is 0.495 e. The average Bonchev–Trinajstić information content (AvgIpc) is 2.36. The van der Waals surface area contributed by atoms with Crippen LogP contribution in [0, 0.1) is 0 Å². The first-order valence-corrected chi connectivity index (χ1v) is 5.57. The van der Waals surface area contributed by atoms with Gasteiger partial charge in [0, 0.05) is 11.8 Å². The van der Waals surface area contributed by atoms with Gasteiger partial charge in [-0.2, -0.15) is 0 Å². The fraction of sp³-hybridized carbons (Fsp3) is 0.364. The van der Waals surface area contributed by atoms with Crippen molar-refractivity contribution in [3.8, 4) is 5.75 Å². The number of hydrogen-bond donors (Lipinski definition) is 3. The molecule has 0 bridgehead atoms. The third-order valence-electron chi connectivity index (χ3n) is 2.37. The van der Waals surface area contributed by atoms with E-state index in [0.29, 0.717) is 17.2 Å². The van der Waals surface area contributed by atoms with Gasteiger partial charge >= 0.3 is 0 Å². The van der Waals surface area contributed by atoms with Crippen molar-refractivity contribution < 1.29 is 9.94 Å². The smallest absolute Gasteiger partial charge is 0.161 e. The van der Waals surface area contributed by atoms with Crippen LogP contribution in [0.15, 0.2) is 23.4 Å². The molecule has 17 heavy (non-hydrogen) atoms. The van der Waals surface area contributed by atoms with E-state index in [4.69, 9.17) is 27.3 Å². The minimum Gasteiger partial charge on any atom is -0.495 e. The summed E-state index contributed by atoms with van der Waals surface area (Å²) in [7, 11) is 1.55. The van der Waals surface area contributed by atoms with Gasteiger partial charge in [0.15, 0.2) is 5.84 Å². The standard InChI is InChI=1S/C11H16ClN3O2/c1-3-9(11(13)15-16)14-7-4-5-8(12)10(6-7)17-2/h4-6,9,14,16H,3H2,1-2H3,(H2,13,15). The maximum Gasteiger partial charge on any atom is 0.161 e. The highest BCUT2D eigenvalue weighted by molar-refractivity contribution is 6.32. The maximum absolute atomic E-state index is 8.64. The van der Waals surface area contributed by atoms with Crippen molar-refractivity contribution in [2.24, 2.45) is 10.9 Å². The van der Waals surface area contributed by atoms with Crippen LogP contribution in [0.5, 0.6) is 5.75 Å². The molecule has 0 heterocycles. The third kappa shape index (κ3) is 3.42. The van der Waals surface area contributed by atoms with Crippen molar-refractivity contribution in [2.75, 3.05) is 12.4 Å². The molecule has 1 unspecified atom stereocenters. The first-order chi connectivity index (χ1) is 8.12. The van der Waals surface area contributed by atoms with E-state index in [1.165, 1.54) is 0 Å². The number of nitrogens with two attached hydrogens (primary N) is 1. The molecule has 1 aromatic carbocycles. The number of ether oxygens (including phenoxy) is 1. The number of rotatable bonds is 5. The second-order valence-corrected chi connectivity index (χ2v) is 3.89.